The molecule has 1 heterocycles. The van der Waals surface area contributed by atoms with Crippen molar-refractivity contribution in [2.24, 2.45) is 0 Å². The molecule has 1 aromatic rings. The van der Waals surface area contributed by atoms with Crippen LogP contribution in [0, 0.1) is 0 Å². The van der Waals surface area contributed by atoms with Gasteiger partial charge in [0.15, 0.2) is 0 Å². The Bertz CT molecular complexity index is 415. The van der Waals surface area contributed by atoms with Crippen molar-refractivity contribution in [3.8, 4) is 0 Å². The van der Waals surface area contributed by atoms with Crippen LogP contribution >= 0.6 is 31.9 Å². The fraction of sp³-hybridized carbons (Fsp3) is 0.600. The van der Waals surface area contributed by atoms with Crippen molar-refractivity contribution in [2.75, 3.05) is 13.1 Å². The SMILES string of the molecule is CC(C)N(Cc1ccc(Br)c(Br)c1)CC1CCCN1. The highest BCUT2D eigenvalue weighted by atomic mass is 79.9. The van der Waals surface area contributed by atoms with Crippen molar-refractivity contribution in [3.63, 3.8) is 0 Å². The monoisotopic (exact) mass is 388 g/mol. The fourth-order valence-electron chi connectivity index (χ4n) is 2.53. The molecule has 0 spiro atoms. The molecule has 1 aliphatic heterocycles. The van der Waals surface area contributed by atoms with Gasteiger partial charge >= 0.3 is 0 Å². The lowest BCUT2D eigenvalue weighted by Crippen LogP contribution is -2.40. The Hall–Kier alpha value is 0.1000. The summed E-state index contributed by atoms with van der Waals surface area (Å²) in [4.78, 5) is 2.55. The molecule has 0 aliphatic carbocycles. The lowest BCUT2D eigenvalue weighted by Gasteiger charge is -2.29. The highest BCUT2D eigenvalue weighted by Crippen LogP contribution is 2.25. The molecule has 106 valence electrons. The third kappa shape index (κ3) is 4.55. The average Bonchev–Trinajstić information content (AvgIpc) is 2.86. The quantitative estimate of drug-likeness (QED) is 0.812. The Labute approximate surface area is 133 Å². The van der Waals surface area contributed by atoms with Gasteiger partial charge in [0.2, 0.25) is 0 Å². The molecule has 0 radical (unpaired) electrons. The summed E-state index contributed by atoms with van der Waals surface area (Å²) in [6.07, 6.45) is 2.63. The number of hydrogen-bond acceptors (Lipinski definition) is 2. The summed E-state index contributed by atoms with van der Waals surface area (Å²) in [6.45, 7) is 7.90. The predicted octanol–water partition coefficient (Wildman–Crippen LogP) is 4.17. The van der Waals surface area contributed by atoms with Gasteiger partial charge in [0.1, 0.15) is 0 Å². The van der Waals surface area contributed by atoms with Crippen LogP contribution in [0.2, 0.25) is 0 Å². The van der Waals surface area contributed by atoms with Crippen molar-refractivity contribution >= 4 is 31.9 Å². The van der Waals surface area contributed by atoms with E-state index in [1.165, 1.54) is 24.9 Å². The van der Waals surface area contributed by atoms with Crippen molar-refractivity contribution in [2.45, 2.75) is 45.3 Å². The summed E-state index contributed by atoms with van der Waals surface area (Å²) in [5.41, 5.74) is 1.36. The number of rotatable bonds is 5. The second-order valence-electron chi connectivity index (χ2n) is 5.56. The highest BCUT2D eigenvalue weighted by Gasteiger charge is 2.19. The lowest BCUT2D eigenvalue weighted by atomic mass is 10.1. The van der Waals surface area contributed by atoms with Gasteiger partial charge in [-0.25, -0.2) is 0 Å². The summed E-state index contributed by atoms with van der Waals surface area (Å²) >= 11 is 7.11. The van der Waals surface area contributed by atoms with Gasteiger partial charge in [-0.2, -0.15) is 0 Å². The van der Waals surface area contributed by atoms with E-state index in [-0.39, 0.29) is 0 Å². The molecule has 1 saturated heterocycles. The predicted molar refractivity (Wildman–Crippen MR) is 88.4 cm³/mol. The molecule has 4 heteroatoms. The second-order valence-corrected chi connectivity index (χ2v) is 7.27. The highest BCUT2D eigenvalue weighted by molar-refractivity contribution is 9.13. The minimum absolute atomic E-state index is 0.574. The number of hydrogen-bond donors (Lipinski definition) is 1. The minimum Gasteiger partial charge on any atom is -0.313 e. The molecule has 2 rings (SSSR count). The average molecular weight is 390 g/mol. The zero-order valence-electron chi connectivity index (χ0n) is 11.6. The second kappa shape index (κ2) is 7.21. The molecule has 19 heavy (non-hydrogen) atoms. The van der Waals surface area contributed by atoms with Crippen molar-refractivity contribution in [3.05, 3.63) is 32.7 Å². The summed E-state index contributed by atoms with van der Waals surface area (Å²) in [6, 6.07) is 7.77. The number of halogens is 2. The van der Waals surface area contributed by atoms with Gasteiger partial charge in [0.05, 0.1) is 0 Å². The van der Waals surface area contributed by atoms with Crippen LogP contribution in [-0.2, 0) is 6.54 Å². The Kier molecular flexibility index (Phi) is 5.87. The van der Waals surface area contributed by atoms with Crippen molar-refractivity contribution in [1.29, 1.82) is 0 Å². The third-order valence-corrected chi connectivity index (χ3v) is 5.60. The Balaban J connectivity index is 2.00. The molecule has 0 aromatic heterocycles. The van der Waals surface area contributed by atoms with E-state index in [1.54, 1.807) is 0 Å². The first kappa shape index (κ1) is 15.5. The standard InChI is InChI=1S/C15H22Br2N2/c1-11(2)19(10-13-4-3-7-18-13)9-12-5-6-14(16)15(17)8-12/h5-6,8,11,13,18H,3-4,7,9-10H2,1-2H3. The minimum atomic E-state index is 0.574. The van der Waals surface area contributed by atoms with Gasteiger partial charge in [-0.05, 0) is 82.8 Å². The molecule has 2 nitrogen and oxygen atoms in total. The van der Waals surface area contributed by atoms with Crippen LogP contribution in [0.4, 0.5) is 0 Å². The number of benzene rings is 1. The molecule has 1 atom stereocenters. The van der Waals surface area contributed by atoms with E-state index in [9.17, 15) is 0 Å². The van der Waals surface area contributed by atoms with Crippen molar-refractivity contribution in [1.82, 2.24) is 10.2 Å². The summed E-state index contributed by atoms with van der Waals surface area (Å²) in [5, 5.41) is 3.59. The van der Waals surface area contributed by atoms with E-state index in [0.717, 1.165) is 22.0 Å². The first-order chi connectivity index (χ1) is 9.06. The first-order valence-electron chi connectivity index (χ1n) is 6.97. The maximum Gasteiger partial charge on any atom is 0.0320 e. The van der Waals surface area contributed by atoms with E-state index in [2.05, 4.69) is 74.1 Å². The zero-order chi connectivity index (χ0) is 13.8. The lowest BCUT2D eigenvalue weighted by molar-refractivity contribution is 0.194. The smallest absolute Gasteiger partial charge is 0.0320 e. The topological polar surface area (TPSA) is 15.3 Å². The van der Waals surface area contributed by atoms with E-state index >= 15 is 0 Å². The summed E-state index contributed by atoms with van der Waals surface area (Å²) in [5.74, 6) is 0. The Morgan fingerprint density at radius 1 is 1.32 bits per heavy atom. The van der Waals surface area contributed by atoms with Crippen LogP contribution in [0.5, 0.6) is 0 Å². The molecule has 1 fully saturated rings. The van der Waals surface area contributed by atoms with Crippen LogP contribution in [-0.4, -0.2) is 30.1 Å². The fourth-order valence-corrected chi connectivity index (χ4v) is 3.20. The van der Waals surface area contributed by atoms with Crippen LogP contribution in [0.15, 0.2) is 27.1 Å². The normalized spacial score (nSPS) is 19.6. The van der Waals surface area contributed by atoms with Gasteiger partial charge in [-0.15, -0.1) is 0 Å². The van der Waals surface area contributed by atoms with Crippen LogP contribution in [0.3, 0.4) is 0 Å². The van der Waals surface area contributed by atoms with Crippen LogP contribution < -0.4 is 5.32 Å². The number of nitrogens with zero attached hydrogens (tertiary/aromatic N) is 1. The molecule has 0 saturated carbocycles. The molecule has 0 bridgehead atoms. The van der Waals surface area contributed by atoms with Crippen LogP contribution in [0.1, 0.15) is 32.3 Å². The summed E-state index contributed by atoms with van der Waals surface area (Å²) < 4.78 is 2.25. The van der Waals surface area contributed by atoms with Gasteiger partial charge in [-0.1, -0.05) is 6.07 Å². The van der Waals surface area contributed by atoms with E-state index in [4.69, 9.17) is 0 Å². The third-order valence-electron chi connectivity index (χ3n) is 3.72. The molecular formula is C15H22Br2N2. The zero-order valence-corrected chi connectivity index (χ0v) is 14.8. The van der Waals surface area contributed by atoms with E-state index in [1.807, 2.05) is 0 Å². The molecule has 1 unspecified atom stereocenters. The summed E-state index contributed by atoms with van der Waals surface area (Å²) in [7, 11) is 0. The van der Waals surface area contributed by atoms with Gasteiger partial charge in [-0.3, -0.25) is 4.90 Å². The van der Waals surface area contributed by atoms with E-state index in [0.29, 0.717) is 12.1 Å². The van der Waals surface area contributed by atoms with Gasteiger partial charge in [0.25, 0.3) is 0 Å². The van der Waals surface area contributed by atoms with Gasteiger partial charge < -0.3 is 5.32 Å². The van der Waals surface area contributed by atoms with Crippen molar-refractivity contribution < 1.29 is 0 Å². The molecule has 0 amide bonds. The van der Waals surface area contributed by atoms with Gasteiger partial charge in [0, 0.05) is 34.1 Å². The Morgan fingerprint density at radius 3 is 2.68 bits per heavy atom. The molecule has 1 N–H and O–H groups in total. The number of nitrogens with one attached hydrogen (secondary N) is 1. The maximum absolute atomic E-state index is 3.59. The first-order valence-corrected chi connectivity index (χ1v) is 8.56. The maximum atomic E-state index is 3.59. The molecular weight excluding hydrogens is 368 g/mol. The van der Waals surface area contributed by atoms with Crippen LogP contribution in [0.25, 0.3) is 0 Å². The molecule has 1 aliphatic rings. The largest absolute Gasteiger partial charge is 0.313 e. The van der Waals surface area contributed by atoms with E-state index < -0.39 is 0 Å². The molecule has 1 aromatic carbocycles. The Morgan fingerprint density at radius 2 is 2.11 bits per heavy atom.